The lowest BCUT2D eigenvalue weighted by Gasteiger charge is -2.64. The van der Waals surface area contributed by atoms with Gasteiger partial charge in [-0.3, -0.25) is 4.79 Å². The lowest BCUT2D eigenvalue weighted by atomic mass is 9.40. The lowest BCUT2D eigenvalue weighted by Crippen LogP contribution is -2.69. The molecule has 8 heterocycles. The van der Waals surface area contributed by atoms with Gasteiger partial charge in [-0.1, -0.05) is 39.3 Å². The Bertz CT molecular complexity index is 2860. The monoisotopic (exact) mass is 1430 g/mol. The number of ether oxygens (including phenoxy) is 15. The molecule has 17 N–H and O–H groups in total. The first kappa shape index (κ1) is 76.6. The molecular weight excluding hydrogens is 1320 g/mol. The van der Waals surface area contributed by atoms with Crippen molar-refractivity contribution < 1.29 is 163 Å². The summed E-state index contributed by atoms with van der Waals surface area (Å²) >= 11 is 0. The lowest BCUT2D eigenvalue weighted by molar-refractivity contribution is -0.396. The zero-order valence-corrected chi connectivity index (χ0v) is 57.3. The smallest absolute Gasteiger partial charge is 0.319 e. The first-order chi connectivity index (χ1) is 46.4. The fourth-order valence-electron chi connectivity index (χ4n) is 19.6. The topological polar surface area (TPSA) is 499 Å². The maximum absolute atomic E-state index is 14.8. The van der Waals surface area contributed by atoms with Crippen molar-refractivity contribution in [2.24, 2.45) is 33.5 Å². The largest absolute Gasteiger partial charge is 0.453 e. The number of hydrogen-bond acceptors (Lipinski definition) is 33. The maximum Gasteiger partial charge on any atom is 0.319 e. The van der Waals surface area contributed by atoms with Crippen LogP contribution in [0.2, 0.25) is 0 Å². The molecule has 33 heteroatoms. The summed E-state index contributed by atoms with van der Waals surface area (Å²) < 4.78 is 90.9. The van der Waals surface area contributed by atoms with E-state index in [0.717, 1.165) is 5.57 Å². The molecular formula is C66H106O33. The highest BCUT2D eigenvalue weighted by Gasteiger charge is 2.87. The summed E-state index contributed by atoms with van der Waals surface area (Å²) in [6.07, 6.45) is -46.5. The molecule has 0 amide bonds. The van der Waals surface area contributed by atoms with Gasteiger partial charge in [-0.25, -0.2) is 0 Å². The molecule has 3 saturated carbocycles. The SMILES string of the molecule is CO[C@@H]1[C@@H](O)[C@H](O[C@@H]2[C@@H](O)[C@H](O[C@H]3[C@H](O)[C@@H](O)[C@H](O[C@H]4[C@H](O[C@H]5CC[C@]6(C)C7=C[C@@H](O)[C@]89C(=O)O[C@@](C)(C%10CCC(C)(C)O%10)[C@@]8(O)CC[C@@]9(C)[C@@H]7CC[C@H]6C5(C)C)OC[C@@H](O[C@@H]5O[C@H](CO)[C@@H](O[C@@H]6O[C@H](C)[C@@H](O)[C@H](O)[C@H]6O)[C@H](O)[C@H]5O)[C@@H]4O)O[C@@H]3C)O[C@H](CO)[C@H]2O)O[C@H](CO)[C@H]1O. The van der Waals surface area contributed by atoms with Gasteiger partial charge in [0.2, 0.25) is 0 Å². The van der Waals surface area contributed by atoms with Crippen molar-refractivity contribution in [3.05, 3.63) is 11.6 Å². The van der Waals surface area contributed by atoms with Crippen LogP contribution in [0.25, 0.3) is 0 Å². The molecule has 0 aromatic carbocycles. The second-order valence-corrected chi connectivity index (χ2v) is 31.6. The van der Waals surface area contributed by atoms with Gasteiger partial charge in [-0.05, 0) is 114 Å². The number of cyclic esters (lactones) is 1. The number of fused-ring (bicyclic) bond motifs is 4. The third-order valence-corrected chi connectivity index (χ3v) is 25.3. The van der Waals surface area contributed by atoms with Crippen molar-refractivity contribution in [1.82, 2.24) is 0 Å². The van der Waals surface area contributed by atoms with Crippen molar-refractivity contribution >= 4 is 5.97 Å². The van der Waals surface area contributed by atoms with Crippen LogP contribution in [0.15, 0.2) is 11.6 Å². The molecule has 0 aromatic heterocycles. The summed E-state index contributed by atoms with van der Waals surface area (Å²) in [6, 6.07) is 0. The van der Waals surface area contributed by atoms with E-state index < -0.39 is 267 Å². The Morgan fingerprint density at radius 3 is 1.64 bits per heavy atom. The van der Waals surface area contributed by atoms with E-state index in [0.29, 0.717) is 44.9 Å². The number of rotatable bonds is 17. The van der Waals surface area contributed by atoms with Crippen molar-refractivity contribution in [2.45, 2.75) is 327 Å². The number of aliphatic hydroxyl groups is 17. The molecule has 39 atom stereocenters. The predicted octanol–water partition coefficient (Wildman–Crippen LogP) is -5.42. The maximum atomic E-state index is 14.8. The molecule has 12 aliphatic rings. The molecule has 1 unspecified atom stereocenters. The van der Waals surface area contributed by atoms with E-state index in [2.05, 4.69) is 6.92 Å². The van der Waals surface area contributed by atoms with Gasteiger partial charge in [0, 0.05) is 7.11 Å². The zero-order chi connectivity index (χ0) is 72.1. The van der Waals surface area contributed by atoms with Crippen LogP contribution in [0.3, 0.4) is 0 Å². The van der Waals surface area contributed by atoms with Crippen LogP contribution in [-0.4, -0.2) is 340 Å². The summed E-state index contributed by atoms with van der Waals surface area (Å²) in [5.74, 6) is -1.06. The van der Waals surface area contributed by atoms with Gasteiger partial charge in [0.1, 0.15) is 145 Å². The van der Waals surface area contributed by atoms with Crippen LogP contribution in [0.5, 0.6) is 0 Å². The number of carbonyl (C=O) groups is 1. The number of allylic oxidation sites excluding steroid dienone is 1. The molecule has 0 aromatic rings. The molecule has 12 rings (SSSR count). The van der Waals surface area contributed by atoms with Crippen LogP contribution < -0.4 is 0 Å². The summed E-state index contributed by atoms with van der Waals surface area (Å²) in [7, 11) is 1.17. The third-order valence-electron chi connectivity index (χ3n) is 25.3. The summed E-state index contributed by atoms with van der Waals surface area (Å²) in [5.41, 5.74) is -6.75. The minimum atomic E-state index is -2.09. The first-order valence-electron chi connectivity index (χ1n) is 34.8. The molecule has 8 aliphatic heterocycles. The molecule has 99 heavy (non-hydrogen) atoms. The Morgan fingerprint density at radius 1 is 0.495 bits per heavy atom. The molecule has 11 fully saturated rings. The summed E-state index contributed by atoms with van der Waals surface area (Å²) in [6.45, 7) is 13.6. The third kappa shape index (κ3) is 12.2. The molecule has 4 aliphatic carbocycles. The Morgan fingerprint density at radius 2 is 1.03 bits per heavy atom. The summed E-state index contributed by atoms with van der Waals surface area (Å²) in [5, 5.41) is 193. The standard InChI is InChI=1S/C66H106O33/c1-24-36(71)40(75)43(78)53(87-24)95-49-30(22-69)91-55(45(80)42(49)77)92-31-23-86-58(52(39(31)74)97-54-44(79)41(76)48(25(2)88-54)94-57-47(82)51(38(73)29(21-68)90-57)96-56-46(81)50(85-10)37(72)28(20-67)89-56)93-34-14-16-62(7)27-19-33(70)66-59(83)99-64(9,35-13-15-60(3,4)98-35)65(66,84)18-17-63(66,8)26(27)11-12-32(62)61(34,5)6/h19,24-26,28-58,67-82,84H,11-18,20-23H2,1-10H3/t24-,25-,26-,28-,29-,30-,31-,32+,33-,34+,35?,36-,37-,38-,39+,40+,41-,42-,43-,44-,45-,46-,47-,48-,49-,50+,51+,52-,53+,54+,55+,56+,57+,58+,62-,63+,64+,65+,66-/m1/s1. The van der Waals surface area contributed by atoms with Crippen LogP contribution >= 0.6 is 0 Å². The van der Waals surface area contributed by atoms with Crippen molar-refractivity contribution in [2.75, 3.05) is 33.5 Å². The highest BCUT2D eigenvalue weighted by molar-refractivity contribution is 5.86. The number of hydrogen-bond donors (Lipinski definition) is 17. The fourth-order valence-corrected chi connectivity index (χ4v) is 19.6. The van der Waals surface area contributed by atoms with Gasteiger partial charge in [0.05, 0.1) is 56.4 Å². The Kier molecular flexibility index (Phi) is 21.6. The second-order valence-electron chi connectivity index (χ2n) is 31.6. The number of esters is 1. The first-order valence-corrected chi connectivity index (χ1v) is 34.8. The van der Waals surface area contributed by atoms with Crippen LogP contribution in [-0.2, 0) is 75.8 Å². The van der Waals surface area contributed by atoms with E-state index >= 15 is 0 Å². The highest BCUT2D eigenvalue weighted by Crippen LogP contribution is 2.77. The van der Waals surface area contributed by atoms with E-state index in [9.17, 15) is 91.6 Å². The molecule has 568 valence electrons. The molecule has 33 nitrogen and oxygen atoms in total. The second kappa shape index (κ2) is 28.0. The summed E-state index contributed by atoms with van der Waals surface area (Å²) in [4.78, 5) is 14.8. The number of methoxy groups -OCH3 is 1. The highest BCUT2D eigenvalue weighted by atomic mass is 16.8. The number of aliphatic hydroxyl groups excluding tert-OH is 16. The van der Waals surface area contributed by atoms with E-state index in [1.54, 1.807) is 13.0 Å². The average molecular weight is 1430 g/mol. The molecule has 0 bridgehead atoms. The molecule has 1 spiro atoms. The Labute approximate surface area is 572 Å². The van der Waals surface area contributed by atoms with Gasteiger partial charge >= 0.3 is 5.97 Å². The van der Waals surface area contributed by atoms with E-state index in [1.165, 1.54) is 21.0 Å². The Balaban J connectivity index is 0.784. The van der Waals surface area contributed by atoms with Gasteiger partial charge in [-0.2, -0.15) is 0 Å². The zero-order valence-electron chi connectivity index (χ0n) is 57.3. The fraction of sp³-hybridized carbons (Fsp3) is 0.955. The molecule has 0 radical (unpaired) electrons. The normalized spacial score (nSPS) is 55.7. The minimum Gasteiger partial charge on any atom is -0.453 e. The minimum absolute atomic E-state index is 0.171. The van der Waals surface area contributed by atoms with Crippen LogP contribution in [0.1, 0.15) is 114 Å². The number of carbonyl (C=O) groups excluding carboxylic acids is 1. The van der Waals surface area contributed by atoms with Gasteiger partial charge in [-0.15, -0.1) is 0 Å². The van der Waals surface area contributed by atoms with Crippen molar-refractivity contribution in [3.8, 4) is 0 Å². The molecule has 8 saturated heterocycles. The van der Waals surface area contributed by atoms with Gasteiger partial charge in [0.15, 0.2) is 43.3 Å². The van der Waals surface area contributed by atoms with E-state index in [1.807, 2.05) is 34.6 Å². The predicted molar refractivity (Wildman–Crippen MR) is 327 cm³/mol. The van der Waals surface area contributed by atoms with Crippen molar-refractivity contribution in [3.63, 3.8) is 0 Å². The quantitative estimate of drug-likeness (QED) is 0.0367. The average Bonchev–Trinajstić information content (AvgIpc) is 1.48. The van der Waals surface area contributed by atoms with E-state index in [-0.39, 0.29) is 18.3 Å². The van der Waals surface area contributed by atoms with Crippen molar-refractivity contribution in [1.29, 1.82) is 0 Å². The van der Waals surface area contributed by atoms with Crippen LogP contribution in [0, 0.1) is 33.5 Å². The van der Waals surface area contributed by atoms with Gasteiger partial charge < -0.3 is 158 Å². The van der Waals surface area contributed by atoms with E-state index in [4.69, 9.17) is 71.1 Å². The van der Waals surface area contributed by atoms with Crippen LogP contribution in [0.4, 0.5) is 0 Å². The Hall–Kier alpha value is -2.03. The van der Waals surface area contributed by atoms with Gasteiger partial charge in [0.25, 0.3) is 0 Å².